The Bertz CT molecular complexity index is 1570. The van der Waals surface area contributed by atoms with Crippen LogP contribution in [-0.4, -0.2) is 48.3 Å². The molecule has 0 amide bonds. The fourth-order valence-corrected chi connectivity index (χ4v) is 4.37. The van der Waals surface area contributed by atoms with Crippen molar-refractivity contribution in [1.29, 1.82) is 5.41 Å². The fourth-order valence-electron chi connectivity index (χ4n) is 4.37. The van der Waals surface area contributed by atoms with Crippen molar-refractivity contribution in [2.24, 2.45) is 0 Å². The van der Waals surface area contributed by atoms with Crippen molar-refractivity contribution in [3.63, 3.8) is 0 Å². The molecule has 41 heavy (non-hydrogen) atoms. The minimum Gasteiger partial charge on any atom is -0.494 e. The van der Waals surface area contributed by atoms with Crippen LogP contribution >= 0.6 is 0 Å². The molecule has 212 valence electrons. The molecule has 0 saturated carbocycles. The number of aromatic nitrogens is 2. The van der Waals surface area contributed by atoms with Gasteiger partial charge in [-0.1, -0.05) is 18.2 Å². The van der Waals surface area contributed by atoms with Gasteiger partial charge in [0, 0.05) is 29.5 Å². The number of nitrogens with zero attached hydrogens (tertiary/aromatic N) is 3. The van der Waals surface area contributed by atoms with Crippen molar-refractivity contribution in [1.82, 2.24) is 9.97 Å². The largest absolute Gasteiger partial charge is 0.494 e. The summed E-state index contributed by atoms with van der Waals surface area (Å²) < 4.78 is 48.0. The van der Waals surface area contributed by atoms with Gasteiger partial charge in [-0.15, -0.1) is 0 Å². The predicted molar refractivity (Wildman–Crippen MR) is 152 cm³/mol. The number of anilines is 4. The summed E-state index contributed by atoms with van der Waals surface area (Å²) in [6.07, 6.45) is 1.14. The van der Waals surface area contributed by atoms with E-state index in [0.717, 1.165) is 11.8 Å². The van der Waals surface area contributed by atoms with E-state index in [0.29, 0.717) is 12.0 Å². The average Bonchev–Trinajstić information content (AvgIpc) is 2.97. The van der Waals surface area contributed by atoms with Crippen LogP contribution in [0.1, 0.15) is 28.4 Å². The number of likely N-dealkylation sites (N-methyl/N-ethyl adjacent to an activating group) is 1. The Morgan fingerprint density at radius 3 is 2.46 bits per heavy atom. The van der Waals surface area contributed by atoms with E-state index in [-0.39, 0.29) is 34.1 Å². The number of ether oxygens (including phenoxy) is 1. The van der Waals surface area contributed by atoms with E-state index in [9.17, 15) is 18.0 Å². The van der Waals surface area contributed by atoms with Crippen molar-refractivity contribution in [3.8, 4) is 5.75 Å². The van der Waals surface area contributed by atoms with Crippen molar-refractivity contribution in [3.05, 3.63) is 101 Å². The maximum atomic E-state index is 14.9. The lowest BCUT2D eigenvalue weighted by molar-refractivity contribution is 0.112. The molecule has 0 saturated heterocycles. The van der Waals surface area contributed by atoms with Gasteiger partial charge in [-0.2, -0.15) is 4.39 Å². The number of carbonyl (C=O) groups is 1. The number of hydrogen-bond acceptors (Lipinski definition) is 9. The van der Waals surface area contributed by atoms with Gasteiger partial charge in [0.05, 0.1) is 24.4 Å². The second-order valence-corrected chi connectivity index (χ2v) is 9.12. The highest BCUT2D eigenvalue weighted by Gasteiger charge is 2.27. The number of para-hydroxylation sites is 1. The Morgan fingerprint density at radius 2 is 1.78 bits per heavy atom. The van der Waals surface area contributed by atoms with Crippen LogP contribution in [0.5, 0.6) is 5.75 Å². The van der Waals surface area contributed by atoms with Crippen LogP contribution in [0.25, 0.3) is 0 Å². The number of nitrogens with one attached hydrogen (secondary N) is 3. The number of halogens is 3. The maximum absolute atomic E-state index is 14.9. The van der Waals surface area contributed by atoms with E-state index < -0.39 is 35.4 Å². The Hall–Kier alpha value is -5.13. The van der Waals surface area contributed by atoms with E-state index in [4.69, 9.17) is 15.9 Å². The second kappa shape index (κ2) is 12.4. The molecular formula is C29H28F3N7O2. The molecule has 0 bridgehead atoms. The molecule has 9 nitrogen and oxygen atoms in total. The maximum Gasteiger partial charge on any atom is 0.201 e. The van der Waals surface area contributed by atoms with Crippen LogP contribution in [-0.2, 0) is 0 Å². The first-order chi connectivity index (χ1) is 19.7. The summed E-state index contributed by atoms with van der Waals surface area (Å²) in [7, 11) is 3.03. The summed E-state index contributed by atoms with van der Waals surface area (Å²) in [4.78, 5) is 21.8. The fraction of sp³-hybridized carbons (Fsp3) is 0.172. The molecule has 2 atom stereocenters. The Labute approximate surface area is 234 Å². The monoisotopic (exact) mass is 563 g/mol. The van der Waals surface area contributed by atoms with E-state index >= 15 is 0 Å². The van der Waals surface area contributed by atoms with E-state index in [1.54, 1.807) is 6.92 Å². The number of methoxy groups -OCH3 is 1. The zero-order chi connectivity index (χ0) is 29.7. The minimum atomic E-state index is -1.28. The summed E-state index contributed by atoms with van der Waals surface area (Å²) in [6.45, 7) is 1.81. The summed E-state index contributed by atoms with van der Waals surface area (Å²) in [5, 5.41) is 15.2. The van der Waals surface area contributed by atoms with Gasteiger partial charge >= 0.3 is 0 Å². The number of rotatable bonds is 11. The molecule has 1 heterocycles. The smallest absolute Gasteiger partial charge is 0.201 e. The lowest BCUT2D eigenvalue weighted by Gasteiger charge is -2.37. The Kier molecular flexibility index (Phi) is 8.71. The quantitative estimate of drug-likeness (QED) is 0.113. The van der Waals surface area contributed by atoms with Gasteiger partial charge in [-0.25, -0.2) is 18.7 Å². The molecule has 3 aromatic carbocycles. The molecule has 4 rings (SSSR count). The van der Waals surface area contributed by atoms with Crippen molar-refractivity contribution in [2.45, 2.75) is 19.1 Å². The number of carbonyl (C=O) groups excluding carboxylic acids is 1. The third-order valence-electron chi connectivity index (χ3n) is 6.53. The zero-order valence-electron chi connectivity index (χ0n) is 22.5. The van der Waals surface area contributed by atoms with Gasteiger partial charge in [0.1, 0.15) is 29.9 Å². The van der Waals surface area contributed by atoms with Crippen LogP contribution < -0.4 is 26.0 Å². The molecule has 0 aliphatic rings. The molecule has 0 fully saturated rings. The standard InChI is InChI=1S/C29H28F3N7O2/c1-16(29(39(2)19-7-5-4-6-8-19)38-21-11-9-18(30)13-17(21)14-40)37-28-23(27(34)35-15-36-28)26(33)20-10-12-22(41-3)25(32)24(20)31/h4-16,29,33,38H,1-3H3,(H3,34,35,36,37). The normalized spacial score (nSPS) is 12.2. The molecule has 2 unspecified atom stereocenters. The van der Waals surface area contributed by atoms with Crippen molar-refractivity contribution in [2.75, 3.05) is 35.4 Å². The Balaban J connectivity index is 1.73. The third kappa shape index (κ3) is 6.06. The van der Waals surface area contributed by atoms with Gasteiger partial charge < -0.3 is 26.0 Å². The predicted octanol–water partition coefficient (Wildman–Crippen LogP) is 5.09. The van der Waals surface area contributed by atoms with Gasteiger partial charge in [-0.05, 0) is 49.4 Å². The highest BCUT2D eigenvalue weighted by molar-refractivity contribution is 6.16. The van der Waals surface area contributed by atoms with Gasteiger partial charge in [0.2, 0.25) is 5.82 Å². The van der Waals surface area contributed by atoms with Crippen LogP contribution in [0.2, 0.25) is 0 Å². The van der Waals surface area contributed by atoms with E-state index in [1.165, 1.54) is 37.7 Å². The van der Waals surface area contributed by atoms with Gasteiger partial charge in [0.25, 0.3) is 0 Å². The van der Waals surface area contributed by atoms with Crippen LogP contribution in [0.3, 0.4) is 0 Å². The molecule has 4 aromatic rings. The van der Waals surface area contributed by atoms with Crippen LogP contribution in [0, 0.1) is 22.9 Å². The van der Waals surface area contributed by atoms with Gasteiger partial charge in [-0.3, -0.25) is 10.2 Å². The topological polar surface area (TPSA) is 129 Å². The minimum absolute atomic E-state index is 0.0423. The molecule has 0 radical (unpaired) electrons. The van der Waals surface area contributed by atoms with Crippen LogP contribution in [0.15, 0.2) is 67.0 Å². The number of aldehydes is 1. The number of nitrogen functional groups attached to an aromatic ring is 1. The number of benzene rings is 3. The summed E-state index contributed by atoms with van der Waals surface area (Å²) in [5.74, 6) is -3.42. The first-order valence-corrected chi connectivity index (χ1v) is 12.4. The Morgan fingerprint density at radius 1 is 1.05 bits per heavy atom. The average molecular weight is 564 g/mol. The summed E-state index contributed by atoms with van der Waals surface area (Å²) >= 11 is 0. The van der Waals surface area contributed by atoms with Crippen molar-refractivity contribution >= 4 is 35.0 Å². The van der Waals surface area contributed by atoms with E-state index in [1.807, 2.05) is 42.3 Å². The van der Waals surface area contributed by atoms with E-state index in [2.05, 4.69) is 20.6 Å². The molecule has 1 aromatic heterocycles. The second-order valence-electron chi connectivity index (χ2n) is 9.12. The number of hydrogen-bond donors (Lipinski definition) is 4. The third-order valence-corrected chi connectivity index (χ3v) is 6.53. The van der Waals surface area contributed by atoms with Crippen molar-refractivity contribution < 1.29 is 22.7 Å². The molecule has 0 aliphatic carbocycles. The lowest BCUT2D eigenvalue weighted by atomic mass is 10.0. The van der Waals surface area contributed by atoms with Crippen LogP contribution in [0.4, 0.5) is 36.2 Å². The zero-order valence-corrected chi connectivity index (χ0v) is 22.5. The lowest BCUT2D eigenvalue weighted by Crippen LogP contribution is -2.49. The SMILES string of the molecule is COc1ccc(C(=N)c2c(N)ncnc2NC(C)C(Nc2ccc(F)cc2C=O)N(C)c2ccccc2)c(F)c1F. The molecule has 5 N–H and O–H groups in total. The summed E-state index contributed by atoms with van der Waals surface area (Å²) in [5.41, 5.74) is 6.58. The van der Waals surface area contributed by atoms with Gasteiger partial charge in [0.15, 0.2) is 17.9 Å². The highest BCUT2D eigenvalue weighted by Crippen LogP contribution is 2.29. The molecule has 12 heteroatoms. The molecular weight excluding hydrogens is 535 g/mol. The highest BCUT2D eigenvalue weighted by atomic mass is 19.2. The summed E-state index contributed by atoms with van der Waals surface area (Å²) in [6, 6.07) is 15.1. The number of nitrogens with two attached hydrogens (primary N) is 1. The first kappa shape index (κ1) is 28.9. The molecule has 0 aliphatic heterocycles. The molecule has 0 spiro atoms. The first-order valence-electron chi connectivity index (χ1n) is 12.4.